The zero-order valence-corrected chi connectivity index (χ0v) is 25.0. The first-order valence-electron chi connectivity index (χ1n) is 15.6. The second kappa shape index (κ2) is 13.7. The highest BCUT2D eigenvalue weighted by atomic mass is 16.4. The normalized spacial score (nSPS) is 16.7. The van der Waals surface area contributed by atoms with Crippen molar-refractivity contribution in [2.45, 2.75) is 44.7 Å². The van der Waals surface area contributed by atoms with Crippen LogP contribution in [0.3, 0.4) is 0 Å². The van der Waals surface area contributed by atoms with Crippen LogP contribution >= 0.6 is 0 Å². The Morgan fingerprint density at radius 3 is 2.30 bits per heavy atom. The monoisotopic (exact) mass is 588 g/mol. The van der Waals surface area contributed by atoms with Crippen molar-refractivity contribution < 1.29 is 9.90 Å². The maximum atomic E-state index is 13.1. The number of likely N-dealkylation sites (tertiary alicyclic amines) is 1. The van der Waals surface area contributed by atoms with Crippen molar-refractivity contribution in [3.8, 4) is 0 Å². The van der Waals surface area contributed by atoms with Gasteiger partial charge in [-0.2, -0.15) is 0 Å². The zero-order chi connectivity index (χ0) is 30.3. The van der Waals surface area contributed by atoms with Gasteiger partial charge >= 0.3 is 11.8 Å². The van der Waals surface area contributed by atoms with Gasteiger partial charge < -0.3 is 19.9 Å². The number of amides is 1. The van der Waals surface area contributed by atoms with Crippen molar-refractivity contribution in [2.75, 3.05) is 24.5 Å². The fourth-order valence-corrected chi connectivity index (χ4v) is 6.80. The quantitative estimate of drug-likeness (QED) is 0.158. The fraction of sp³-hybridized carbons (Fsp3) is 0.297. The summed E-state index contributed by atoms with van der Waals surface area (Å²) in [5, 5.41) is 9.79. The number of nitrogens with zero attached hydrogens (tertiary/aromatic N) is 3. The van der Waals surface area contributed by atoms with Crippen molar-refractivity contribution >= 4 is 22.8 Å². The number of hydrogen-bond acceptors (Lipinski definition) is 3. The van der Waals surface area contributed by atoms with E-state index in [1.165, 1.54) is 27.3 Å². The Hall–Kier alpha value is -4.78. The first-order valence-corrected chi connectivity index (χ1v) is 15.6. The second-order valence-electron chi connectivity index (χ2n) is 11.9. The molecule has 0 radical (unpaired) electrons. The highest BCUT2D eigenvalue weighted by Gasteiger charge is 2.34. The number of imidazole rings is 1. The van der Waals surface area contributed by atoms with Crippen molar-refractivity contribution in [1.82, 2.24) is 14.5 Å². The molecule has 1 amide bonds. The molecule has 1 saturated heterocycles. The summed E-state index contributed by atoms with van der Waals surface area (Å²) >= 11 is 0. The third-order valence-electron chi connectivity index (χ3n) is 8.96. The lowest BCUT2D eigenvalue weighted by molar-refractivity contribution is 0.0950. The minimum absolute atomic E-state index is 0.0405. The van der Waals surface area contributed by atoms with Gasteiger partial charge in [0, 0.05) is 37.9 Å². The third-order valence-corrected chi connectivity index (χ3v) is 8.96. The van der Waals surface area contributed by atoms with Crippen LogP contribution in [0, 0.1) is 5.92 Å². The molecule has 2 unspecified atom stereocenters. The van der Waals surface area contributed by atoms with E-state index in [1.54, 1.807) is 0 Å². The van der Waals surface area contributed by atoms with E-state index in [9.17, 15) is 14.7 Å². The molecule has 0 spiro atoms. The number of nitrogens with one attached hydrogen (secondary N) is 1. The van der Waals surface area contributed by atoms with E-state index in [4.69, 9.17) is 0 Å². The average molecular weight is 589 g/mol. The molecule has 226 valence electrons. The fourth-order valence-electron chi connectivity index (χ4n) is 6.80. The number of benzene rings is 4. The van der Waals surface area contributed by atoms with Crippen LogP contribution in [0.4, 0.5) is 10.5 Å². The summed E-state index contributed by atoms with van der Waals surface area (Å²) in [5.41, 5.74) is 6.71. The molecule has 7 nitrogen and oxygen atoms in total. The number of hydrogen-bond donors (Lipinski definition) is 2. The number of aromatic amines is 1. The number of carboxylic acid groups (broad SMARTS) is 1. The summed E-state index contributed by atoms with van der Waals surface area (Å²) in [4.78, 5) is 32.0. The lowest BCUT2D eigenvalue weighted by Gasteiger charge is -2.38. The summed E-state index contributed by atoms with van der Waals surface area (Å²) in [7, 11) is 0. The first kappa shape index (κ1) is 29.3. The van der Waals surface area contributed by atoms with Crippen LogP contribution in [0.25, 0.3) is 11.0 Å². The van der Waals surface area contributed by atoms with Crippen LogP contribution in [0.1, 0.15) is 48.4 Å². The molecule has 6 rings (SSSR count). The largest absolute Gasteiger partial charge is 0.465 e. The Kier molecular flexibility index (Phi) is 9.11. The Labute approximate surface area is 258 Å². The van der Waals surface area contributed by atoms with Gasteiger partial charge in [0.15, 0.2) is 0 Å². The molecule has 1 aromatic heterocycles. The van der Waals surface area contributed by atoms with Gasteiger partial charge in [0.2, 0.25) is 0 Å². The second-order valence-corrected chi connectivity index (χ2v) is 11.9. The van der Waals surface area contributed by atoms with Gasteiger partial charge in [0.05, 0.1) is 11.0 Å². The Bertz CT molecular complexity index is 1730. The number of aromatic nitrogens is 2. The molecule has 1 aliphatic heterocycles. The van der Waals surface area contributed by atoms with Crippen LogP contribution in [-0.2, 0) is 13.0 Å². The molecule has 7 heteroatoms. The predicted molar refractivity (Wildman–Crippen MR) is 176 cm³/mol. The zero-order valence-electron chi connectivity index (χ0n) is 25.0. The third kappa shape index (κ3) is 6.72. The average Bonchev–Trinajstić information content (AvgIpc) is 3.39. The molecule has 44 heavy (non-hydrogen) atoms. The summed E-state index contributed by atoms with van der Waals surface area (Å²) in [6, 6.07) is 37.6. The Morgan fingerprint density at radius 2 is 1.52 bits per heavy atom. The van der Waals surface area contributed by atoms with Gasteiger partial charge in [0.25, 0.3) is 0 Å². The Morgan fingerprint density at radius 1 is 0.841 bits per heavy atom. The van der Waals surface area contributed by atoms with E-state index in [1.807, 2.05) is 28.8 Å². The first-order chi connectivity index (χ1) is 21.6. The minimum atomic E-state index is -0.885. The summed E-state index contributed by atoms with van der Waals surface area (Å²) in [6.45, 7) is 2.58. The highest BCUT2D eigenvalue weighted by Crippen LogP contribution is 2.34. The maximum Gasteiger partial charge on any atom is 0.407 e. The molecule has 1 aliphatic rings. The van der Waals surface area contributed by atoms with E-state index in [0.717, 1.165) is 49.8 Å². The van der Waals surface area contributed by atoms with E-state index in [-0.39, 0.29) is 17.6 Å². The number of unbranched alkanes of at least 4 members (excludes halogenated alkanes) is 1. The van der Waals surface area contributed by atoms with Crippen LogP contribution in [-0.4, -0.2) is 45.3 Å². The molecular weight excluding hydrogens is 548 g/mol. The van der Waals surface area contributed by atoms with Crippen molar-refractivity contribution in [1.29, 1.82) is 0 Å². The van der Waals surface area contributed by atoms with Gasteiger partial charge in [0.1, 0.15) is 0 Å². The van der Waals surface area contributed by atoms with E-state index >= 15 is 0 Å². The molecule has 4 aromatic carbocycles. The molecule has 1 fully saturated rings. The number of rotatable bonds is 11. The lowest BCUT2D eigenvalue weighted by atomic mass is 9.87. The van der Waals surface area contributed by atoms with Crippen molar-refractivity contribution in [3.63, 3.8) is 0 Å². The van der Waals surface area contributed by atoms with Crippen LogP contribution < -0.4 is 10.6 Å². The number of carbonyl (C=O) groups is 1. The molecule has 0 bridgehead atoms. The molecular formula is C37H40N4O3. The molecule has 0 saturated carbocycles. The molecule has 2 N–H and O–H groups in total. The molecule has 2 atom stereocenters. The molecule has 0 aliphatic carbocycles. The van der Waals surface area contributed by atoms with Crippen LogP contribution in [0.5, 0.6) is 0 Å². The summed E-state index contributed by atoms with van der Waals surface area (Å²) < 4.78 is 1.88. The standard InChI is InChI=1S/C37H40N4O3/c42-36-38-32-19-8-10-21-35(32)41(36)34-22-24-40(37(43)44)27-31(34)18-11-12-23-39(26-29-15-5-2-6-16-29)33-20-9-7-17-30(33)25-28-13-3-1-4-14-28/h1-10,13-17,19-21,31,34H,11-12,18,22-27H2,(H,38,42)(H,43,44). The number of piperidine rings is 1. The van der Waals surface area contributed by atoms with Gasteiger partial charge in [-0.3, -0.25) is 4.57 Å². The number of H-pyrrole nitrogens is 1. The Balaban J connectivity index is 1.20. The van der Waals surface area contributed by atoms with E-state index in [2.05, 4.69) is 94.8 Å². The van der Waals surface area contributed by atoms with Gasteiger partial charge in [-0.15, -0.1) is 0 Å². The highest BCUT2D eigenvalue weighted by molar-refractivity contribution is 5.75. The minimum Gasteiger partial charge on any atom is -0.465 e. The van der Waals surface area contributed by atoms with Gasteiger partial charge in [-0.1, -0.05) is 97.4 Å². The molecule has 5 aromatic rings. The van der Waals surface area contributed by atoms with Crippen molar-refractivity contribution in [2.24, 2.45) is 5.92 Å². The van der Waals surface area contributed by atoms with Gasteiger partial charge in [-0.05, 0) is 66.5 Å². The lowest BCUT2D eigenvalue weighted by Crippen LogP contribution is -2.45. The predicted octanol–water partition coefficient (Wildman–Crippen LogP) is 7.34. The number of para-hydroxylation sites is 3. The smallest absolute Gasteiger partial charge is 0.407 e. The van der Waals surface area contributed by atoms with Crippen LogP contribution in [0.2, 0.25) is 0 Å². The van der Waals surface area contributed by atoms with E-state index < -0.39 is 6.09 Å². The number of fused-ring (bicyclic) bond motifs is 1. The maximum absolute atomic E-state index is 13.1. The summed E-state index contributed by atoms with van der Waals surface area (Å²) in [6.07, 6.45) is 3.38. The number of anilines is 1. The van der Waals surface area contributed by atoms with Crippen molar-refractivity contribution in [3.05, 3.63) is 136 Å². The summed E-state index contributed by atoms with van der Waals surface area (Å²) in [5.74, 6) is 0.0599. The van der Waals surface area contributed by atoms with Gasteiger partial charge in [-0.25, -0.2) is 9.59 Å². The van der Waals surface area contributed by atoms with Crippen LogP contribution in [0.15, 0.2) is 114 Å². The topological polar surface area (TPSA) is 81.6 Å². The van der Waals surface area contributed by atoms with E-state index in [0.29, 0.717) is 19.5 Å². The molecule has 2 heterocycles. The SMILES string of the molecule is O=C(O)N1CCC(n2c(=O)[nH]c3ccccc32)C(CCCCN(Cc2ccccc2)c2ccccc2Cc2ccccc2)C1.